The summed E-state index contributed by atoms with van der Waals surface area (Å²) in [5.41, 5.74) is 6.74. The Labute approximate surface area is 126 Å². The molecule has 4 nitrogen and oxygen atoms in total. The maximum absolute atomic E-state index is 12.2. The van der Waals surface area contributed by atoms with Gasteiger partial charge in [-0.05, 0) is 38.1 Å². The maximum atomic E-state index is 12.2. The number of hydrogen-bond donors (Lipinski definition) is 2. The summed E-state index contributed by atoms with van der Waals surface area (Å²) in [6, 6.07) is 7.39. The van der Waals surface area contributed by atoms with E-state index in [9.17, 15) is 4.79 Å². The third-order valence-corrected chi connectivity index (χ3v) is 3.66. The van der Waals surface area contributed by atoms with E-state index in [0.717, 1.165) is 25.2 Å². The number of nitrogens with two attached hydrogens (primary N) is 1. The van der Waals surface area contributed by atoms with Crippen LogP contribution < -0.4 is 11.1 Å². The summed E-state index contributed by atoms with van der Waals surface area (Å²) < 4.78 is 0. The van der Waals surface area contributed by atoms with E-state index in [2.05, 4.69) is 22.1 Å². The Hall–Kier alpha value is -1.83. The second kappa shape index (κ2) is 8.46. The minimum Gasteiger partial charge on any atom is -0.351 e. The molecule has 1 aliphatic heterocycles. The van der Waals surface area contributed by atoms with Crippen molar-refractivity contribution in [3.05, 3.63) is 35.4 Å². The summed E-state index contributed by atoms with van der Waals surface area (Å²) in [5.74, 6) is 5.68. The molecule has 1 fully saturated rings. The van der Waals surface area contributed by atoms with Crippen molar-refractivity contribution in [2.75, 3.05) is 32.7 Å². The smallest absolute Gasteiger partial charge is 0.252 e. The fraction of sp³-hybridized carbons (Fsp3) is 0.471. The van der Waals surface area contributed by atoms with Crippen LogP contribution in [0.5, 0.6) is 0 Å². The third kappa shape index (κ3) is 4.89. The molecule has 21 heavy (non-hydrogen) atoms. The van der Waals surface area contributed by atoms with Crippen LogP contribution in [0.25, 0.3) is 0 Å². The molecule has 112 valence electrons. The first kappa shape index (κ1) is 15.6. The largest absolute Gasteiger partial charge is 0.351 e. The first-order valence-electron chi connectivity index (χ1n) is 7.60. The van der Waals surface area contributed by atoms with Crippen molar-refractivity contribution in [1.82, 2.24) is 10.2 Å². The number of benzene rings is 1. The van der Waals surface area contributed by atoms with Crippen molar-refractivity contribution in [3.63, 3.8) is 0 Å². The van der Waals surface area contributed by atoms with Gasteiger partial charge in [0, 0.05) is 18.7 Å². The van der Waals surface area contributed by atoms with Crippen LogP contribution in [0.2, 0.25) is 0 Å². The summed E-state index contributed by atoms with van der Waals surface area (Å²) in [4.78, 5) is 14.6. The summed E-state index contributed by atoms with van der Waals surface area (Å²) >= 11 is 0. The van der Waals surface area contributed by atoms with Crippen molar-refractivity contribution in [2.24, 2.45) is 5.73 Å². The van der Waals surface area contributed by atoms with Crippen molar-refractivity contribution >= 4 is 5.91 Å². The van der Waals surface area contributed by atoms with Gasteiger partial charge in [0.1, 0.15) is 0 Å². The zero-order valence-corrected chi connectivity index (χ0v) is 12.4. The van der Waals surface area contributed by atoms with Crippen LogP contribution in [-0.4, -0.2) is 43.5 Å². The molecule has 1 aromatic rings. The summed E-state index contributed by atoms with van der Waals surface area (Å²) in [7, 11) is 0. The number of nitrogens with one attached hydrogen (secondary N) is 1. The third-order valence-electron chi connectivity index (χ3n) is 3.66. The molecule has 0 spiro atoms. The Balaban J connectivity index is 1.88. The van der Waals surface area contributed by atoms with Crippen LogP contribution in [0.1, 0.15) is 35.2 Å². The molecule has 1 saturated heterocycles. The fourth-order valence-corrected chi connectivity index (χ4v) is 2.54. The lowest BCUT2D eigenvalue weighted by Crippen LogP contribution is -2.37. The predicted octanol–water partition coefficient (Wildman–Crippen LogP) is 1.21. The highest BCUT2D eigenvalue weighted by atomic mass is 16.1. The van der Waals surface area contributed by atoms with E-state index in [0.29, 0.717) is 18.7 Å². The average Bonchev–Trinajstić information content (AvgIpc) is 2.54. The monoisotopic (exact) mass is 285 g/mol. The van der Waals surface area contributed by atoms with Gasteiger partial charge in [0.15, 0.2) is 0 Å². The molecule has 0 radical (unpaired) electrons. The SMILES string of the molecule is NCC#Cc1ccccc1C(=O)NCCN1CCCCC1. The highest BCUT2D eigenvalue weighted by Crippen LogP contribution is 2.08. The standard InChI is InChI=1S/C17H23N3O/c18-10-6-8-15-7-2-3-9-16(15)17(21)19-11-14-20-12-4-1-5-13-20/h2-3,7,9H,1,4-5,10-14,18H2,(H,19,21). The topological polar surface area (TPSA) is 58.4 Å². The van der Waals surface area contributed by atoms with Crippen LogP contribution in [0.3, 0.4) is 0 Å². The van der Waals surface area contributed by atoms with E-state index in [1.54, 1.807) is 6.07 Å². The summed E-state index contributed by atoms with van der Waals surface area (Å²) in [5, 5.41) is 2.98. The van der Waals surface area contributed by atoms with Crippen molar-refractivity contribution in [2.45, 2.75) is 19.3 Å². The lowest BCUT2D eigenvalue weighted by Gasteiger charge is -2.26. The number of piperidine rings is 1. The molecule has 0 aromatic heterocycles. The number of rotatable bonds is 4. The van der Waals surface area contributed by atoms with Gasteiger partial charge in [0.2, 0.25) is 0 Å². The molecular formula is C17H23N3O. The van der Waals surface area contributed by atoms with E-state index in [-0.39, 0.29) is 5.91 Å². The number of hydrogen-bond acceptors (Lipinski definition) is 3. The van der Waals surface area contributed by atoms with Crippen molar-refractivity contribution < 1.29 is 4.79 Å². The molecule has 0 unspecified atom stereocenters. The lowest BCUT2D eigenvalue weighted by molar-refractivity contribution is 0.0946. The van der Waals surface area contributed by atoms with Crippen molar-refractivity contribution in [1.29, 1.82) is 0 Å². The molecule has 0 atom stereocenters. The van der Waals surface area contributed by atoms with E-state index in [1.807, 2.05) is 18.2 Å². The van der Waals surface area contributed by atoms with E-state index < -0.39 is 0 Å². The molecular weight excluding hydrogens is 262 g/mol. The molecule has 0 saturated carbocycles. The quantitative estimate of drug-likeness (QED) is 0.818. The fourth-order valence-electron chi connectivity index (χ4n) is 2.54. The van der Waals surface area contributed by atoms with E-state index in [1.165, 1.54) is 19.3 Å². The van der Waals surface area contributed by atoms with Gasteiger partial charge in [-0.15, -0.1) is 0 Å². The van der Waals surface area contributed by atoms with Crippen LogP contribution in [0, 0.1) is 11.8 Å². The molecule has 1 heterocycles. The van der Waals surface area contributed by atoms with Gasteiger partial charge in [-0.3, -0.25) is 4.79 Å². The first-order valence-corrected chi connectivity index (χ1v) is 7.60. The average molecular weight is 285 g/mol. The van der Waals surface area contributed by atoms with Gasteiger partial charge in [-0.25, -0.2) is 0 Å². The number of likely N-dealkylation sites (tertiary alicyclic amines) is 1. The Bertz CT molecular complexity index is 524. The lowest BCUT2D eigenvalue weighted by atomic mass is 10.1. The van der Waals surface area contributed by atoms with Gasteiger partial charge >= 0.3 is 0 Å². The van der Waals surface area contributed by atoms with E-state index >= 15 is 0 Å². The molecule has 1 aromatic carbocycles. The Morgan fingerprint density at radius 2 is 2.00 bits per heavy atom. The van der Waals surface area contributed by atoms with Gasteiger partial charge in [-0.2, -0.15) is 0 Å². The van der Waals surface area contributed by atoms with Crippen LogP contribution in [0.4, 0.5) is 0 Å². The first-order chi connectivity index (χ1) is 10.3. The minimum atomic E-state index is -0.0612. The second-order valence-electron chi connectivity index (χ2n) is 5.21. The molecule has 1 amide bonds. The number of amides is 1. The molecule has 4 heteroatoms. The Kier molecular flexibility index (Phi) is 6.26. The molecule has 0 aliphatic carbocycles. The number of carbonyl (C=O) groups is 1. The maximum Gasteiger partial charge on any atom is 0.252 e. The van der Waals surface area contributed by atoms with Gasteiger partial charge < -0.3 is 16.0 Å². The second-order valence-corrected chi connectivity index (χ2v) is 5.21. The molecule has 2 rings (SSSR count). The molecule has 1 aliphatic rings. The van der Waals surface area contributed by atoms with E-state index in [4.69, 9.17) is 5.73 Å². The highest BCUT2D eigenvalue weighted by molar-refractivity contribution is 5.96. The minimum absolute atomic E-state index is 0.0612. The Morgan fingerprint density at radius 1 is 1.24 bits per heavy atom. The van der Waals surface area contributed by atoms with Crippen LogP contribution in [-0.2, 0) is 0 Å². The molecule has 3 N–H and O–H groups in total. The normalized spacial score (nSPS) is 15.1. The van der Waals surface area contributed by atoms with Gasteiger partial charge in [0.25, 0.3) is 5.91 Å². The van der Waals surface area contributed by atoms with Gasteiger partial charge in [0.05, 0.1) is 12.1 Å². The summed E-state index contributed by atoms with van der Waals surface area (Å²) in [6.07, 6.45) is 3.87. The Morgan fingerprint density at radius 3 is 2.76 bits per heavy atom. The zero-order chi connectivity index (χ0) is 14.9. The summed E-state index contributed by atoms with van der Waals surface area (Å²) in [6.45, 7) is 4.19. The number of carbonyl (C=O) groups excluding carboxylic acids is 1. The zero-order valence-electron chi connectivity index (χ0n) is 12.4. The van der Waals surface area contributed by atoms with Crippen LogP contribution >= 0.6 is 0 Å². The van der Waals surface area contributed by atoms with Crippen molar-refractivity contribution in [3.8, 4) is 11.8 Å². The van der Waals surface area contributed by atoms with Gasteiger partial charge in [-0.1, -0.05) is 30.4 Å². The highest BCUT2D eigenvalue weighted by Gasteiger charge is 2.12. The molecule has 0 bridgehead atoms. The number of nitrogens with zero attached hydrogens (tertiary/aromatic N) is 1. The predicted molar refractivity (Wildman–Crippen MR) is 85.0 cm³/mol. The van der Waals surface area contributed by atoms with Crippen LogP contribution in [0.15, 0.2) is 24.3 Å².